The van der Waals surface area contributed by atoms with Gasteiger partial charge in [-0.2, -0.15) is 0 Å². The molecule has 0 atom stereocenters. The lowest BCUT2D eigenvalue weighted by Gasteiger charge is -2.20. The molecule has 0 N–H and O–H groups in total. The van der Waals surface area contributed by atoms with Gasteiger partial charge in [0.05, 0.1) is 6.61 Å². The van der Waals surface area contributed by atoms with Gasteiger partial charge in [0.25, 0.3) is 0 Å². The molecular weight excluding hydrogens is 200 g/mol. The molecule has 100 valence electrons. The van der Waals surface area contributed by atoms with Gasteiger partial charge in [-0.05, 0) is 27.1 Å². The fourth-order valence-corrected chi connectivity index (χ4v) is 1.08. The van der Waals surface area contributed by atoms with Crippen molar-refractivity contribution in [2.75, 3.05) is 53.5 Å². The standard InChI is InChI=1S/C11H26N2O.C2H6/c1-5-10-14-11-9-13(4)8-7-12(3)6-2;1-2/h5-11H2,1-4H3;1-2H3. The van der Waals surface area contributed by atoms with E-state index < -0.39 is 0 Å². The lowest BCUT2D eigenvalue weighted by Crippen LogP contribution is -2.32. The van der Waals surface area contributed by atoms with Crippen molar-refractivity contribution < 1.29 is 4.74 Å². The Morgan fingerprint density at radius 2 is 1.38 bits per heavy atom. The molecule has 0 unspecified atom stereocenters. The van der Waals surface area contributed by atoms with Crippen molar-refractivity contribution in [2.45, 2.75) is 34.1 Å². The van der Waals surface area contributed by atoms with Crippen molar-refractivity contribution in [1.82, 2.24) is 9.80 Å². The third kappa shape index (κ3) is 13.9. The summed E-state index contributed by atoms with van der Waals surface area (Å²) in [5.74, 6) is 0. The van der Waals surface area contributed by atoms with Crippen LogP contribution in [0.1, 0.15) is 34.1 Å². The minimum absolute atomic E-state index is 0.861. The third-order valence-electron chi connectivity index (χ3n) is 2.37. The molecule has 0 rings (SSSR count). The van der Waals surface area contributed by atoms with Crippen LogP contribution in [0.3, 0.4) is 0 Å². The summed E-state index contributed by atoms with van der Waals surface area (Å²) in [7, 11) is 4.31. The van der Waals surface area contributed by atoms with Crippen LogP contribution in [0.4, 0.5) is 0 Å². The third-order valence-corrected chi connectivity index (χ3v) is 2.37. The van der Waals surface area contributed by atoms with Gasteiger partial charge in [-0.15, -0.1) is 0 Å². The van der Waals surface area contributed by atoms with Crippen LogP contribution in [-0.4, -0.2) is 63.3 Å². The van der Waals surface area contributed by atoms with Crippen LogP contribution < -0.4 is 0 Å². The van der Waals surface area contributed by atoms with Gasteiger partial charge in [0.1, 0.15) is 0 Å². The highest BCUT2D eigenvalue weighted by molar-refractivity contribution is 4.54. The molecule has 3 nitrogen and oxygen atoms in total. The molecular formula is C13H32N2O. The van der Waals surface area contributed by atoms with Crippen LogP contribution in [0.25, 0.3) is 0 Å². The second kappa shape index (κ2) is 14.9. The van der Waals surface area contributed by atoms with Crippen LogP contribution in [0.2, 0.25) is 0 Å². The first-order valence-corrected chi connectivity index (χ1v) is 6.65. The highest BCUT2D eigenvalue weighted by Gasteiger charge is 1.99. The highest BCUT2D eigenvalue weighted by atomic mass is 16.5. The Hall–Kier alpha value is -0.120. The normalized spacial score (nSPS) is 10.5. The van der Waals surface area contributed by atoms with Gasteiger partial charge in [0.15, 0.2) is 0 Å². The van der Waals surface area contributed by atoms with Crippen molar-refractivity contribution >= 4 is 0 Å². The molecule has 16 heavy (non-hydrogen) atoms. The van der Waals surface area contributed by atoms with E-state index in [0.717, 1.165) is 45.8 Å². The summed E-state index contributed by atoms with van der Waals surface area (Å²) >= 11 is 0. The molecule has 0 bridgehead atoms. The molecule has 0 spiro atoms. The fraction of sp³-hybridized carbons (Fsp3) is 1.00. The average molecular weight is 232 g/mol. The van der Waals surface area contributed by atoms with Gasteiger partial charge in [-0.1, -0.05) is 27.7 Å². The summed E-state index contributed by atoms with van der Waals surface area (Å²) in [5.41, 5.74) is 0. The predicted octanol–water partition coefficient (Wildman–Crippen LogP) is 2.32. The largest absolute Gasteiger partial charge is 0.380 e. The van der Waals surface area contributed by atoms with E-state index in [1.54, 1.807) is 0 Å². The first kappa shape index (κ1) is 18.3. The van der Waals surface area contributed by atoms with Gasteiger partial charge in [-0.25, -0.2) is 0 Å². The van der Waals surface area contributed by atoms with Crippen molar-refractivity contribution in [3.8, 4) is 0 Å². The lowest BCUT2D eigenvalue weighted by atomic mass is 10.4. The highest BCUT2D eigenvalue weighted by Crippen LogP contribution is 1.87. The number of hydrogen-bond donors (Lipinski definition) is 0. The molecule has 0 aliphatic heterocycles. The summed E-state index contributed by atoms with van der Waals surface area (Å²) in [6.45, 7) is 14.5. The summed E-state index contributed by atoms with van der Waals surface area (Å²) < 4.78 is 5.43. The van der Waals surface area contributed by atoms with Crippen molar-refractivity contribution in [3.63, 3.8) is 0 Å². The average Bonchev–Trinajstić information content (AvgIpc) is 2.34. The smallest absolute Gasteiger partial charge is 0.0593 e. The second-order valence-corrected chi connectivity index (χ2v) is 3.81. The molecule has 0 amide bonds. The zero-order valence-corrected chi connectivity index (χ0v) is 12.3. The summed E-state index contributed by atoms with van der Waals surface area (Å²) in [6, 6.07) is 0. The molecule has 3 heteroatoms. The van der Waals surface area contributed by atoms with Gasteiger partial charge in [0, 0.05) is 26.2 Å². The van der Waals surface area contributed by atoms with Gasteiger partial charge in [0.2, 0.25) is 0 Å². The van der Waals surface area contributed by atoms with E-state index in [1.165, 1.54) is 0 Å². The zero-order chi connectivity index (χ0) is 12.8. The first-order valence-electron chi connectivity index (χ1n) is 6.65. The van der Waals surface area contributed by atoms with Crippen molar-refractivity contribution in [1.29, 1.82) is 0 Å². The monoisotopic (exact) mass is 232 g/mol. The van der Waals surface area contributed by atoms with Crippen LogP contribution in [0, 0.1) is 0 Å². The van der Waals surface area contributed by atoms with E-state index in [-0.39, 0.29) is 0 Å². The molecule has 0 aromatic rings. The Morgan fingerprint density at radius 3 is 1.88 bits per heavy atom. The maximum atomic E-state index is 5.43. The number of nitrogens with zero attached hydrogens (tertiary/aromatic N) is 2. The number of ether oxygens (including phenoxy) is 1. The quantitative estimate of drug-likeness (QED) is 0.567. The maximum absolute atomic E-state index is 5.43. The molecule has 0 aromatic carbocycles. The SMILES string of the molecule is CC.CCCOCCN(C)CCN(C)CC. The summed E-state index contributed by atoms with van der Waals surface area (Å²) in [6.07, 6.45) is 1.11. The van der Waals surface area contributed by atoms with Gasteiger partial charge in [-0.3, -0.25) is 0 Å². The van der Waals surface area contributed by atoms with E-state index >= 15 is 0 Å². The number of rotatable bonds is 9. The Kier molecular flexibility index (Phi) is 17.0. The molecule has 0 aliphatic rings. The van der Waals surface area contributed by atoms with Crippen molar-refractivity contribution in [3.05, 3.63) is 0 Å². The van der Waals surface area contributed by atoms with Gasteiger partial charge >= 0.3 is 0 Å². The molecule has 0 saturated carbocycles. The number of hydrogen-bond acceptors (Lipinski definition) is 3. The maximum Gasteiger partial charge on any atom is 0.0593 e. The minimum atomic E-state index is 0.861. The van der Waals surface area contributed by atoms with Crippen LogP contribution in [0.5, 0.6) is 0 Å². The minimum Gasteiger partial charge on any atom is -0.380 e. The lowest BCUT2D eigenvalue weighted by molar-refractivity contribution is 0.109. The van der Waals surface area contributed by atoms with Crippen LogP contribution >= 0.6 is 0 Å². The van der Waals surface area contributed by atoms with Crippen molar-refractivity contribution in [2.24, 2.45) is 0 Å². The predicted molar refractivity (Wildman–Crippen MR) is 73.1 cm³/mol. The van der Waals surface area contributed by atoms with Crippen LogP contribution in [-0.2, 0) is 4.74 Å². The molecule has 0 aliphatic carbocycles. The zero-order valence-electron chi connectivity index (χ0n) is 12.3. The Balaban J connectivity index is 0. The summed E-state index contributed by atoms with van der Waals surface area (Å²) in [4.78, 5) is 4.64. The Bertz CT molecular complexity index is 121. The first-order chi connectivity index (χ1) is 7.70. The Labute approximate surface area is 103 Å². The Morgan fingerprint density at radius 1 is 0.812 bits per heavy atom. The van der Waals surface area contributed by atoms with E-state index in [1.807, 2.05) is 13.8 Å². The van der Waals surface area contributed by atoms with Gasteiger partial charge < -0.3 is 14.5 Å². The van der Waals surface area contributed by atoms with E-state index in [0.29, 0.717) is 0 Å². The molecule has 0 fully saturated rings. The number of likely N-dealkylation sites (N-methyl/N-ethyl adjacent to an activating group) is 2. The molecule has 0 saturated heterocycles. The van der Waals surface area contributed by atoms with E-state index in [2.05, 4.69) is 37.7 Å². The molecule has 0 aromatic heterocycles. The second-order valence-electron chi connectivity index (χ2n) is 3.81. The molecule has 0 heterocycles. The summed E-state index contributed by atoms with van der Waals surface area (Å²) in [5, 5.41) is 0. The topological polar surface area (TPSA) is 15.7 Å². The fourth-order valence-electron chi connectivity index (χ4n) is 1.08. The van der Waals surface area contributed by atoms with E-state index in [9.17, 15) is 0 Å². The van der Waals surface area contributed by atoms with E-state index in [4.69, 9.17) is 4.74 Å². The van der Waals surface area contributed by atoms with Crippen LogP contribution in [0.15, 0.2) is 0 Å². The molecule has 0 radical (unpaired) electrons.